The summed E-state index contributed by atoms with van der Waals surface area (Å²) >= 11 is 0. The number of aliphatic hydroxyl groups excluding tert-OH is 2. The molecule has 3 unspecified atom stereocenters. The zero-order chi connectivity index (χ0) is 9.14. The smallest absolute Gasteiger partial charge is 0.306 e. The summed E-state index contributed by atoms with van der Waals surface area (Å²) in [6, 6.07) is 0. The number of carbonyl (C=O) groups excluding carboxylic acids is 1. The van der Waals surface area contributed by atoms with E-state index in [1.54, 1.807) is 6.92 Å². The molecular weight excluding hydrogens is 160 g/mol. The predicted octanol–water partition coefficient (Wildman–Crippen LogP) is -0.176. The molecule has 0 aromatic heterocycles. The number of hydrogen-bond acceptors (Lipinski definition) is 4. The molecule has 0 amide bonds. The second kappa shape index (κ2) is 3.87. The lowest BCUT2D eigenvalue weighted by Gasteiger charge is -2.17. The maximum absolute atomic E-state index is 10.6. The van der Waals surface area contributed by atoms with E-state index >= 15 is 0 Å². The number of ether oxygens (including phenoxy) is 1. The minimum atomic E-state index is -0.726. The predicted molar refractivity (Wildman–Crippen MR) is 41.4 cm³/mol. The van der Waals surface area contributed by atoms with Crippen LogP contribution in [0, 0.1) is 0 Å². The van der Waals surface area contributed by atoms with Crippen molar-refractivity contribution in [2.75, 3.05) is 0 Å². The van der Waals surface area contributed by atoms with Gasteiger partial charge in [0.1, 0.15) is 6.10 Å². The van der Waals surface area contributed by atoms with Crippen molar-refractivity contribution in [2.45, 2.75) is 44.5 Å². The second-order valence-electron chi connectivity index (χ2n) is 3.22. The number of aliphatic hydroxyl groups is 2. The average molecular weight is 174 g/mol. The van der Waals surface area contributed by atoms with Gasteiger partial charge in [0.25, 0.3) is 0 Å². The van der Waals surface area contributed by atoms with Crippen molar-refractivity contribution >= 4 is 5.97 Å². The SMILES string of the molecule is CC(O)CC(O)C1CCC(=O)O1. The van der Waals surface area contributed by atoms with Crippen LogP contribution in [-0.2, 0) is 9.53 Å². The molecule has 0 bridgehead atoms. The van der Waals surface area contributed by atoms with E-state index in [2.05, 4.69) is 0 Å². The molecule has 1 rings (SSSR count). The van der Waals surface area contributed by atoms with Gasteiger partial charge in [-0.05, 0) is 13.3 Å². The molecule has 1 saturated heterocycles. The van der Waals surface area contributed by atoms with Gasteiger partial charge in [-0.3, -0.25) is 4.79 Å². The lowest BCUT2D eigenvalue weighted by molar-refractivity contribution is -0.146. The summed E-state index contributed by atoms with van der Waals surface area (Å²) in [4.78, 5) is 10.6. The van der Waals surface area contributed by atoms with E-state index in [1.165, 1.54) is 0 Å². The van der Waals surface area contributed by atoms with Crippen LogP contribution in [0.15, 0.2) is 0 Å². The summed E-state index contributed by atoms with van der Waals surface area (Å²) in [6.07, 6.45) is -0.491. The molecule has 3 atom stereocenters. The minimum Gasteiger partial charge on any atom is -0.460 e. The fourth-order valence-corrected chi connectivity index (χ4v) is 1.32. The summed E-state index contributed by atoms with van der Waals surface area (Å²) in [5.74, 6) is -0.260. The second-order valence-corrected chi connectivity index (χ2v) is 3.22. The average Bonchev–Trinajstić information content (AvgIpc) is 2.34. The van der Waals surface area contributed by atoms with Crippen LogP contribution in [0.25, 0.3) is 0 Å². The molecule has 12 heavy (non-hydrogen) atoms. The summed E-state index contributed by atoms with van der Waals surface area (Å²) in [5.41, 5.74) is 0. The molecular formula is C8H14O4. The number of carbonyl (C=O) groups is 1. The Kier molecular flexibility index (Phi) is 3.05. The van der Waals surface area contributed by atoms with Crippen LogP contribution < -0.4 is 0 Å². The highest BCUT2D eigenvalue weighted by Crippen LogP contribution is 2.19. The monoisotopic (exact) mass is 174 g/mol. The number of esters is 1. The van der Waals surface area contributed by atoms with E-state index < -0.39 is 18.3 Å². The van der Waals surface area contributed by atoms with Crippen LogP contribution in [0.5, 0.6) is 0 Å². The molecule has 4 heteroatoms. The van der Waals surface area contributed by atoms with Gasteiger partial charge in [0.05, 0.1) is 12.2 Å². The number of cyclic esters (lactones) is 1. The maximum atomic E-state index is 10.6. The summed E-state index contributed by atoms with van der Waals surface area (Å²) in [5, 5.41) is 18.3. The van der Waals surface area contributed by atoms with Crippen molar-refractivity contribution in [1.82, 2.24) is 0 Å². The van der Waals surface area contributed by atoms with Crippen molar-refractivity contribution in [3.63, 3.8) is 0 Å². The Bertz CT molecular complexity index is 166. The first-order chi connectivity index (χ1) is 5.59. The van der Waals surface area contributed by atoms with Gasteiger partial charge in [-0.1, -0.05) is 0 Å². The third-order valence-electron chi connectivity index (χ3n) is 1.93. The fraction of sp³-hybridized carbons (Fsp3) is 0.875. The lowest BCUT2D eigenvalue weighted by atomic mass is 10.1. The summed E-state index contributed by atoms with van der Waals surface area (Å²) in [6.45, 7) is 1.60. The van der Waals surface area contributed by atoms with E-state index in [0.717, 1.165) is 0 Å². The Hall–Kier alpha value is -0.610. The van der Waals surface area contributed by atoms with Crippen LogP contribution >= 0.6 is 0 Å². The Balaban J connectivity index is 2.32. The van der Waals surface area contributed by atoms with Crippen LogP contribution in [0.3, 0.4) is 0 Å². The summed E-state index contributed by atoms with van der Waals surface area (Å²) < 4.78 is 4.82. The zero-order valence-electron chi connectivity index (χ0n) is 7.06. The van der Waals surface area contributed by atoms with E-state index in [4.69, 9.17) is 9.84 Å². The molecule has 0 spiro atoms. The van der Waals surface area contributed by atoms with E-state index in [1.807, 2.05) is 0 Å². The summed E-state index contributed by atoms with van der Waals surface area (Å²) in [7, 11) is 0. The lowest BCUT2D eigenvalue weighted by Crippen LogP contribution is -2.28. The van der Waals surface area contributed by atoms with E-state index in [-0.39, 0.29) is 12.4 Å². The van der Waals surface area contributed by atoms with Gasteiger partial charge in [-0.15, -0.1) is 0 Å². The molecule has 0 aliphatic carbocycles. The molecule has 0 aromatic rings. The number of rotatable bonds is 3. The topological polar surface area (TPSA) is 66.8 Å². The number of hydrogen-bond donors (Lipinski definition) is 2. The maximum Gasteiger partial charge on any atom is 0.306 e. The first-order valence-corrected chi connectivity index (χ1v) is 4.15. The first kappa shape index (κ1) is 9.48. The minimum absolute atomic E-state index is 0.260. The third kappa shape index (κ3) is 2.46. The quantitative estimate of drug-likeness (QED) is 0.583. The van der Waals surface area contributed by atoms with Crippen molar-refractivity contribution in [3.8, 4) is 0 Å². The van der Waals surface area contributed by atoms with Crippen LogP contribution in [-0.4, -0.2) is 34.5 Å². The molecule has 0 radical (unpaired) electrons. The van der Waals surface area contributed by atoms with Gasteiger partial charge in [-0.25, -0.2) is 0 Å². The van der Waals surface area contributed by atoms with E-state index in [9.17, 15) is 9.90 Å². The van der Waals surface area contributed by atoms with Crippen LogP contribution in [0.1, 0.15) is 26.2 Å². The fourth-order valence-electron chi connectivity index (χ4n) is 1.32. The first-order valence-electron chi connectivity index (χ1n) is 4.15. The molecule has 70 valence electrons. The highest BCUT2D eigenvalue weighted by atomic mass is 16.6. The normalized spacial score (nSPS) is 28.2. The van der Waals surface area contributed by atoms with Gasteiger partial charge in [0, 0.05) is 12.8 Å². The molecule has 1 aliphatic heterocycles. The van der Waals surface area contributed by atoms with Crippen LogP contribution in [0.2, 0.25) is 0 Å². The molecule has 0 aromatic carbocycles. The third-order valence-corrected chi connectivity index (χ3v) is 1.93. The van der Waals surface area contributed by atoms with Gasteiger partial charge in [0.15, 0.2) is 0 Å². The zero-order valence-corrected chi connectivity index (χ0v) is 7.06. The molecule has 4 nitrogen and oxygen atoms in total. The Morgan fingerprint density at radius 3 is 2.75 bits per heavy atom. The van der Waals surface area contributed by atoms with Gasteiger partial charge < -0.3 is 14.9 Å². The molecule has 0 saturated carbocycles. The standard InChI is InChI=1S/C8H14O4/c1-5(9)4-6(10)7-2-3-8(11)12-7/h5-7,9-10H,2-4H2,1H3. The van der Waals surface area contributed by atoms with Gasteiger partial charge in [-0.2, -0.15) is 0 Å². The van der Waals surface area contributed by atoms with Gasteiger partial charge in [0.2, 0.25) is 0 Å². The molecule has 1 aliphatic rings. The largest absolute Gasteiger partial charge is 0.460 e. The van der Waals surface area contributed by atoms with Crippen molar-refractivity contribution in [3.05, 3.63) is 0 Å². The van der Waals surface area contributed by atoms with Gasteiger partial charge >= 0.3 is 5.97 Å². The Morgan fingerprint density at radius 2 is 2.33 bits per heavy atom. The highest BCUT2D eigenvalue weighted by molar-refractivity contribution is 5.71. The highest BCUT2D eigenvalue weighted by Gasteiger charge is 2.30. The van der Waals surface area contributed by atoms with Crippen molar-refractivity contribution < 1.29 is 19.7 Å². The van der Waals surface area contributed by atoms with Crippen LogP contribution in [0.4, 0.5) is 0 Å². The molecule has 2 N–H and O–H groups in total. The Morgan fingerprint density at radius 1 is 1.67 bits per heavy atom. The Labute approximate surface area is 71.2 Å². The molecule has 1 fully saturated rings. The van der Waals surface area contributed by atoms with E-state index in [0.29, 0.717) is 12.8 Å². The van der Waals surface area contributed by atoms with Crippen molar-refractivity contribution in [1.29, 1.82) is 0 Å². The van der Waals surface area contributed by atoms with Crippen molar-refractivity contribution in [2.24, 2.45) is 0 Å². The molecule has 1 heterocycles.